The molecule has 0 bridgehead atoms. The summed E-state index contributed by atoms with van der Waals surface area (Å²) in [6, 6.07) is 4.84. The minimum atomic E-state index is -0.161. The largest absolute Gasteiger partial charge is 0.352 e. The van der Waals surface area contributed by atoms with Crippen LogP contribution in [0.4, 0.5) is 0 Å². The molecule has 0 aromatic heterocycles. The van der Waals surface area contributed by atoms with Crippen LogP contribution in [0.5, 0.6) is 0 Å². The molecule has 3 heteroatoms. The second-order valence-corrected chi connectivity index (χ2v) is 6.21. The maximum absolute atomic E-state index is 12.0. The van der Waals surface area contributed by atoms with Gasteiger partial charge in [0.15, 0.2) is 0 Å². The van der Waals surface area contributed by atoms with E-state index in [1.165, 1.54) is 22.3 Å². The van der Waals surface area contributed by atoms with Crippen LogP contribution >= 0.6 is 0 Å². The van der Waals surface area contributed by atoms with E-state index in [4.69, 9.17) is 0 Å². The molecule has 1 saturated carbocycles. The molecule has 1 aliphatic carbocycles. The van der Waals surface area contributed by atoms with Crippen molar-refractivity contribution in [3.8, 4) is 0 Å². The molecule has 2 atom stereocenters. The Kier molecular flexibility index (Phi) is 4.48. The lowest BCUT2D eigenvalue weighted by molar-refractivity contribution is -0.123. The molecule has 2 rings (SSSR count). The van der Waals surface area contributed by atoms with Crippen LogP contribution in [-0.2, 0) is 4.79 Å². The number of hydrogen-bond donors (Lipinski definition) is 2. The summed E-state index contributed by atoms with van der Waals surface area (Å²) < 4.78 is 0. The molecular weight excluding hydrogens is 248 g/mol. The van der Waals surface area contributed by atoms with E-state index in [0.29, 0.717) is 6.04 Å². The Bertz CT molecular complexity index is 483. The predicted octanol–water partition coefficient (Wildman–Crippen LogP) is 2.93. The molecule has 1 aromatic carbocycles. The van der Waals surface area contributed by atoms with Crippen molar-refractivity contribution in [3.05, 3.63) is 34.4 Å². The van der Waals surface area contributed by atoms with Crippen molar-refractivity contribution in [1.82, 2.24) is 10.6 Å². The molecule has 20 heavy (non-hydrogen) atoms. The van der Waals surface area contributed by atoms with E-state index in [2.05, 4.69) is 50.5 Å². The Morgan fingerprint density at radius 1 is 1.15 bits per heavy atom. The van der Waals surface area contributed by atoms with Gasteiger partial charge in [-0.3, -0.25) is 10.1 Å². The van der Waals surface area contributed by atoms with E-state index < -0.39 is 0 Å². The van der Waals surface area contributed by atoms with E-state index in [0.717, 1.165) is 12.8 Å². The SMILES string of the molecule is Cc1cc(C)c(C(C)NC(C)C(=O)NC2CC2)c(C)c1. The van der Waals surface area contributed by atoms with Gasteiger partial charge < -0.3 is 5.32 Å². The van der Waals surface area contributed by atoms with Crippen LogP contribution in [-0.4, -0.2) is 18.0 Å². The standard InChI is InChI=1S/C17H26N2O/c1-10-8-11(2)16(12(3)9-10)13(4)18-14(5)17(20)19-15-6-7-15/h8-9,13-15,18H,6-7H2,1-5H3,(H,19,20). The van der Waals surface area contributed by atoms with Gasteiger partial charge in [-0.15, -0.1) is 0 Å². The Morgan fingerprint density at radius 2 is 1.70 bits per heavy atom. The summed E-state index contributed by atoms with van der Waals surface area (Å²) in [5, 5.41) is 6.47. The first-order valence-corrected chi connectivity index (χ1v) is 7.52. The van der Waals surface area contributed by atoms with Gasteiger partial charge in [-0.1, -0.05) is 17.7 Å². The Balaban J connectivity index is 2.03. The summed E-state index contributed by atoms with van der Waals surface area (Å²) in [6.45, 7) is 10.5. The number of amides is 1. The number of rotatable bonds is 5. The second kappa shape index (κ2) is 5.96. The van der Waals surface area contributed by atoms with Crippen LogP contribution < -0.4 is 10.6 Å². The van der Waals surface area contributed by atoms with Crippen LogP contribution in [0, 0.1) is 20.8 Å². The molecule has 1 aliphatic rings. The van der Waals surface area contributed by atoms with Crippen molar-refractivity contribution in [2.75, 3.05) is 0 Å². The maximum atomic E-state index is 12.0. The quantitative estimate of drug-likeness (QED) is 0.867. The van der Waals surface area contributed by atoms with Gasteiger partial charge in [-0.2, -0.15) is 0 Å². The summed E-state index contributed by atoms with van der Waals surface area (Å²) in [7, 11) is 0. The highest BCUT2D eigenvalue weighted by Gasteiger charge is 2.26. The Hall–Kier alpha value is -1.35. The third-order valence-corrected chi connectivity index (χ3v) is 3.99. The molecule has 0 heterocycles. The molecule has 3 nitrogen and oxygen atoms in total. The van der Waals surface area contributed by atoms with Gasteiger partial charge in [0, 0.05) is 12.1 Å². The summed E-state index contributed by atoms with van der Waals surface area (Å²) in [4.78, 5) is 12.0. The minimum absolute atomic E-state index is 0.113. The molecule has 1 fully saturated rings. The first kappa shape index (κ1) is 15.0. The van der Waals surface area contributed by atoms with Gasteiger partial charge >= 0.3 is 0 Å². The van der Waals surface area contributed by atoms with Crippen molar-refractivity contribution in [2.24, 2.45) is 0 Å². The van der Waals surface area contributed by atoms with Gasteiger partial charge in [-0.25, -0.2) is 0 Å². The first-order valence-electron chi connectivity index (χ1n) is 7.52. The lowest BCUT2D eigenvalue weighted by Crippen LogP contribution is -2.44. The zero-order valence-electron chi connectivity index (χ0n) is 13.2. The fourth-order valence-electron chi connectivity index (χ4n) is 2.96. The topological polar surface area (TPSA) is 41.1 Å². The van der Waals surface area contributed by atoms with E-state index in [9.17, 15) is 4.79 Å². The van der Waals surface area contributed by atoms with Crippen molar-refractivity contribution in [3.63, 3.8) is 0 Å². The molecule has 2 N–H and O–H groups in total. The summed E-state index contributed by atoms with van der Waals surface area (Å²) in [6.07, 6.45) is 2.26. The molecule has 0 saturated heterocycles. The molecule has 110 valence electrons. The van der Waals surface area contributed by atoms with Crippen molar-refractivity contribution >= 4 is 5.91 Å². The van der Waals surface area contributed by atoms with Crippen LogP contribution in [0.2, 0.25) is 0 Å². The highest BCUT2D eigenvalue weighted by atomic mass is 16.2. The average Bonchev–Trinajstić information content (AvgIpc) is 3.11. The van der Waals surface area contributed by atoms with Gasteiger partial charge in [0.2, 0.25) is 5.91 Å². The fourth-order valence-corrected chi connectivity index (χ4v) is 2.96. The molecule has 1 aromatic rings. The molecular formula is C17H26N2O. The number of carbonyl (C=O) groups is 1. The lowest BCUT2D eigenvalue weighted by atomic mass is 9.94. The van der Waals surface area contributed by atoms with E-state index >= 15 is 0 Å². The third kappa shape index (κ3) is 3.60. The Morgan fingerprint density at radius 3 is 2.20 bits per heavy atom. The van der Waals surface area contributed by atoms with E-state index in [1.54, 1.807) is 0 Å². The number of hydrogen-bond acceptors (Lipinski definition) is 2. The minimum Gasteiger partial charge on any atom is -0.352 e. The first-order chi connectivity index (χ1) is 9.38. The number of benzene rings is 1. The smallest absolute Gasteiger partial charge is 0.237 e. The predicted molar refractivity (Wildman–Crippen MR) is 82.8 cm³/mol. The lowest BCUT2D eigenvalue weighted by Gasteiger charge is -2.23. The van der Waals surface area contributed by atoms with Crippen molar-refractivity contribution in [2.45, 2.75) is 65.6 Å². The van der Waals surface area contributed by atoms with Gasteiger partial charge in [0.1, 0.15) is 0 Å². The van der Waals surface area contributed by atoms with Crippen molar-refractivity contribution < 1.29 is 4.79 Å². The van der Waals surface area contributed by atoms with Crippen LogP contribution in [0.15, 0.2) is 12.1 Å². The molecule has 2 unspecified atom stereocenters. The van der Waals surface area contributed by atoms with Crippen LogP contribution in [0.3, 0.4) is 0 Å². The number of carbonyl (C=O) groups excluding carboxylic acids is 1. The molecule has 1 amide bonds. The van der Waals surface area contributed by atoms with Gasteiger partial charge in [0.05, 0.1) is 6.04 Å². The van der Waals surface area contributed by atoms with Gasteiger partial charge in [0.25, 0.3) is 0 Å². The normalized spacial score (nSPS) is 17.6. The second-order valence-electron chi connectivity index (χ2n) is 6.21. The van der Waals surface area contributed by atoms with E-state index in [1.807, 2.05) is 6.92 Å². The zero-order valence-corrected chi connectivity index (χ0v) is 13.2. The summed E-state index contributed by atoms with van der Waals surface area (Å²) in [5.41, 5.74) is 5.17. The van der Waals surface area contributed by atoms with Gasteiger partial charge in [-0.05, 0) is 64.2 Å². The number of aryl methyl sites for hydroxylation is 3. The van der Waals surface area contributed by atoms with Crippen LogP contribution in [0.25, 0.3) is 0 Å². The molecule has 0 radical (unpaired) electrons. The van der Waals surface area contributed by atoms with Crippen molar-refractivity contribution in [1.29, 1.82) is 0 Å². The fraction of sp³-hybridized carbons (Fsp3) is 0.588. The average molecular weight is 274 g/mol. The highest BCUT2D eigenvalue weighted by molar-refractivity contribution is 5.81. The monoisotopic (exact) mass is 274 g/mol. The molecule has 0 aliphatic heterocycles. The van der Waals surface area contributed by atoms with Crippen LogP contribution in [0.1, 0.15) is 55.0 Å². The van der Waals surface area contributed by atoms with E-state index in [-0.39, 0.29) is 18.0 Å². The maximum Gasteiger partial charge on any atom is 0.237 e. The highest BCUT2D eigenvalue weighted by Crippen LogP contribution is 2.24. The summed E-state index contributed by atoms with van der Waals surface area (Å²) >= 11 is 0. The number of nitrogens with one attached hydrogen (secondary N) is 2. The summed E-state index contributed by atoms with van der Waals surface area (Å²) in [5.74, 6) is 0.113. The Labute approximate surface area is 122 Å². The zero-order chi connectivity index (χ0) is 14.9. The molecule has 0 spiro atoms. The third-order valence-electron chi connectivity index (χ3n) is 3.99.